The Bertz CT molecular complexity index is 1880. The number of carbonyl (C=O) groups excluding carboxylic acids is 5. The first-order chi connectivity index (χ1) is 21.0. The number of ketones is 1. The third-order valence-electron chi connectivity index (χ3n) is 6.47. The van der Waals surface area contributed by atoms with E-state index < -0.39 is 52.2 Å². The molecule has 0 radical (unpaired) electrons. The summed E-state index contributed by atoms with van der Waals surface area (Å²) >= 11 is 15.5. The molecule has 5 rings (SSSR count). The Kier molecular flexibility index (Phi) is 8.59. The van der Waals surface area contributed by atoms with Crippen LogP contribution in [0.25, 0.3) is 0 Å². The quantitative estimate of drug-likeness (QED) is 0.0513. The summed E-state index contributed by atoms with van der Waals surface area (Å²) in [6, 6.07) is 19.2. The van der Waals surface area contributed by atoms with Gasteiger partial charge in [-0.1, -0.05) is 45.2 Å². The van der Waals surface area contributed by atoms with Crippen molar-refractivity contribution < 1.29 is 33.6 Å². The second kappa shape index (κ2) is 12.4. The number of nitro benzene ring substituents is 1. The van der Waals surface area contributed by atoms with Crippen molar-refractivity contribution in [3.05, 3.63) is 137 Å². The Morgan fingerprint density at radius 1 is 0.886 bits per heavy atom. The maximum absolute atomic E-state index is 13.7. The molecule has 220 valence electrons. The van der Waals surface area contributed by atoms with Crippen molar-refractivity contribution in [2.45, 2.75) is 0 Å². The van der Waals surface area contributed by atoms with E-state index in [9.17, 15) is 34.1 Å². The molecule has 0 saturated heterocycles. The number of hydrogen-bond acceptors (Lipinski definition) is 8. The summed E-state index contributed by atoms with van der Waals surface area (Å²) in [4.78, 5) is 77.2. The Hall–Kier alpha value is -4.91. The first-order valence-electron chi connectivity index (χ1n) is 12.5. The highest BCUT2D eigenvalue weighted by molar-refractivity contribution is 9.10. The molecule has 11 nitrogen and oxygen atoms in total. The lowest BCUT2D eigenvalue weighted by atomic mass is 10.1. The zero-order valence-corrected chi connectivity index (χ0v) is 25.1. The second-order valence-electron chi connectivity index (χ2n) is 9.21. The predicted molar refractivity (Wildman–Crippen MR) is 161 cm³/mol. The van der Waals surface area contributed by atoms with E-state index in [0.29, 0.717) is 15.6 Å². The Morgan fingerprint density at radius 3 is 2.18 bits per heavy atom. The summed E-state index contributed by atoms with van der Waals surface area (Å²) < 4.78 is 6.12. The monoisotopic (exact) mass is 695 g/mol. The SMILES string of the molecule is O=C(CN(C(=O)c1ccc(Cl)cc1Cl)N1C(=O)c2cccc([N+](=O)[O-])c2C1=O)c1ccc(OC(=O)c2ccc(Br)cc2)cc1. The number of Topliss-reactive ketones (excluding diaryl/α,β-unsaturated/α-hetero) is 1. The van der Waals surface area contributed by atoms with Crippen LogP contribution in [-0.4, -0.2) is 51.0 Å². The van der Waals surface area contributed by atoms with Crippen molar-refractivity contribution in [3.63, 3.8) is 0 Å². The van der Waals surface area contributed by atoms with Crippen LogP contribution in [-0.2, 0) is 0 Å². The Balaban J connectivity index is 1.44. The standard InChI is InChI=1S/C30H16BrCl2N3O8/c31-18-8-4-17(5-9-18)30(41)44-20-11-6-16(7-12-20)25(37)15-34(27(38)21-13-10-19(32)14-23(21)33)35-28(39)22-2-1-3-24(36(42)43)26(22)29(35)40/h1-14H,15H2. The highest BCUT2D eigenvalue weighted by Crippen LogP contribution is 2.33. The van der Waals surface area contributed by atoms with Gasteiger partial charge in [-0.2, -0.15) is 5.01 Å². The van der Waals surface area contributed by atoms with Crippen LogP contribution in [0.4, 0.5) is 5.69 Å². The number of hydrogen-bond donors (Lipinski definition) is 0. The number of rotatable bonds is 8. The first-order valence-corrected chi connectivity index (χ1v) is 14.0. The topological polar surface area (TPSA) is 144 Å². The minimum Gasteiger partial charge on any atom is -0.423 e. The molecule has 0 saturated carbocycles. The van der Waals surface area contributed by atoms with E-state index >= 15 is 0 Å². The molecule has 0 unspecified atom stereocenters. The summed E-state index contributed by atoms with van der Waals surface area (Å²) in [7, 11) is 0. The van der Waals surface area contributed by atoms with E-state index in [1.165, 1.54) is 54.6 Å². The summed E-state index contributed by atoms with van der Waals surface area (Å²) in [6.07, 6.45) is 0. The average molecular weight is 697 g/mol. The minimum absolute atomic E-state index is 0.0380. The fraction of sp³-hybridized carbons (Fsp3) is 0.0333. The molecular weight excluding hydrogens is 681 g/mol. The van der Waals surface area contributed by atoms with Gasteiger partial charge in [0.25, 0.3) is 23.4 Å². The van der Waals surface area contributed by atoms with Crippen LogP contribution in [0.1, 0.15) is 51.8 Å². The van der Waals surface area contributed by atoms with Gasteiger partial charge in [-0.25, -0.2) is 9.80 Å². The van der Waals surface area contributed by atoms with Crippen LogP contribution in [0.15, 0.2) is 89.4 Å². The number of esters is 1. The lowest BCUT2D eigenvalue weighted by molar-refractivity contribution is -0.385. The normalized spacial score (nSPS) is 12.1. The van der Waals surface area contributed by atoms with Crippen LogP contribution in [0.5, 0.6) is 5.75 Å². The molecule has 4 aromatic rings. The van der Waals surface area contributed by atoms with Gasteiger partial charge < -0.3 is 4.74 Å². The van der Waals surface area contributed by atoms with E-state index in [1.807, 2.05) is 0 Å². The molecule has 0 aliphatic carbocycles. The van der Waals surface area contributed by atoms with Crippen molar-refractivity contribution in [2.75, 3.05) is 6.54 Å². The molecule has 44 heavy (non-hydrogen) atoms. The molecule has 4 aromatic carbocycles. The van der Waals surface area contributed by atoms with Crippen LogP contribution in [0, 0.1) is 10.1 Å². The number of amides is 3. The van der Waals surface area contributed by atoms with Gasteiger partial charge in [-0.3, -0.25) is 29.3 Å². The summed E-state index contributed by atoms with van der Waals surface area (Å²) in [5.74, 6) is -4.46. The van der Waals surface area contributed by atoms with Crippen LogP contribution >= 0.6 is 39.1 Å². The fourth-order valence-electron chi connectivity index (χ4n) is 4.35. The van der Waals surface area contributed by atoms with Crippen molar-refractivity contribution in [1.82, 2.24) is 10.0 Å². The lowest BCUT2D eigenvalue weighted by Crippen LogP contribution is -2.51. The number of benzene rings is 4. The lowest BCUT2D eigenvalue weighted by Gasteiger charge is -2.29. The van der Waals surface area contributed by atoms with Crippen molar-refractivity contribution >= 4 is 74.3 Å². The molecule has 0 N–H and O–H groups in total. The zero-order valence-electron chi connectivity index (χ0n) is 22.0. The highest BCUT2D eigenvalue weighted by Gasteiger charge is 2.46. The van der Waals surface area contributed by atoms with Gasteiger partial charge in [-0.05, 0) is 72.8 Å². The fourth-order valence-corrected chi connectivity index (χ4v) is 5.10. The number of nitrogens with zero attached hydrogens (tertiary/aromatic N) is 3. The summed E-state index contributed by atoms with van der Waals surface area (Å²) in [5, 5.41) is 12.6. The summed E-state index contributed by atoms with van der Waals surface area (Å²) in [6.45, 7) is -0.838. The molecule has 1 heterocycles. The third-order valence-corrected chi connectivity index (χ3v) is 7.54. The van der Waals surface area contributed by atoms with E-state index in [4.69, 9.17) is 27.9 Å². The molecule has 0 bridgehead atoms. The molecule has 0 aromatic heterocycles. The van der Waals surface area contributed by atoms with E-state index in [0.717, 1.165) is 10.5 Å². The number of hydrazine groups is 1. The van der Waals surface area contributed by atoms with Gasteiger partial charge >= 0.3 is 5.97 Å². The van der Waals surface area contributed by atoms with Crippen LogP contribution < -0.4 is 4.74 Å². The molecule has 1 aliphatic rings. The van der Waals surface area contributed by atoms with Gasteiger partial charge in [-0.15, -0.1) is 0 Å². The largest absolute Gasteiger partial charge is 0.423 e. The summed E-state index contributed by atoms with van der Waals surface area (Å²) in [5.41, 5.74) is -1.33. The van der Waals surface area contributed by atoms with Crippen molar-refractivity contribution in [1.29, 1.82) is 0 Å². The van der Waals surface area contributed by atoms with Crippen LogP contribution in [0.3, 0.4) is 0 Å². The Labute approximate surface area is 266 Å². The average Bonchev–Trinajstić information content (AvgIpc) is 3.25. The maximum Gasteiger partial charge on any atom is 0.343 e. The third kappa shape index (κ3) is 5.95. The van der Waals surface area contributed by atoms with Gasteiger partial charge in [0.2, 0.25) is 0 Å². The Morgan fingerprint density at radius 2 is 1.55 bits per heavy atom. The molecule has 3 amide bonds. The smallest absolute Gasteiger partial charge is 0.343 e. The molecular formula is C30H16BrCl2N3O8. The molecule has 0 fully saturated rings. The molecule has 0 spiro atoms. The van der Waals surface area contributed by atoms with Crippen molar-refractivity contribution in [3.8, 4) is 5.75 Å². The van der Waals surface area contributed by atoms with Gasteiger partial charge in [0.05, 0.1) is 26.6 Å². The van der Waals surface area contributed by atoms with Gasteiger partial charge in [0, 0.05) is 21.1 Å². The zero-order chi connectivity index (χ0) is 31.7. The maximum atomic E-state index is 13.7. The number of carbonyl (C=O) groups is 5. The number of ether oxygens (including phenoxy) is 1. The first kappa shape index (κ1) is 30.5. The molecule has 0 atom stereocenters. The molecule has 14 heteroatoms. The minimum atomic E-state index is -1.17. The number of fused-ring (bicyclic) bond motifs is 1. The second-order valence-corrected chi connectivity index (χ2v) is 11.0. The van der Waals surface area contributed by atoms with E-state index in [1.54, 1.807) is 24.3 Å². The van der Waals surface area contributed by atoms with E-state index in [-0.39, 0.29) is 32.5 Å². The van der Waals surface area contributed by atoms with Crippen molar-refractivity contribution in [2.24, 2.45) is 0 Å². The highest BCUT2D eigenvalue weighted by atomic mass is 79.9. The van der Waals surface area contributed by atoms with E-state index in [2.05, 4.69) is 15.9 Å². The number of nitro groups is 1. The predicted octanol–water partition coefficient (Wildman–Crippen LogP) is 6.42. The van der Waals surface area contributed by atoms with Gasteiger partial charge in [0.1, 0.15) is 17.9 Å². The molecule has 1 aliphatic heterocycles. The number of halogens is 3. The number of imide groups is 1. The van der Waals surface area contributed by atoms with Crippen LogP contribution in [0.2, 0.25) is 10.0 Å². The van der Waals surface area contributed by atoms with Gasteiger partial charge in [0.15, 0.2) is 5.78 Å².